The molecule has 0 bridgehead atoms. The highest BCUT2D eigenvalue weighted by molar-refractivity contribution is 6.06. The standard InChI is InChI=1S/C19H11F2N3O/c20-12-6-8-14(13(21)10-12)24-19(25)11-5-7-17-18(9-11)23-16-4-2-1-3-15(16)22-17/h1-10H,(H,24,25). The second-order valence-electron chi connectivity index (χ2n) is 5.49. The lowest BCUT2D eigenvalue weighted by atomic mass is 10.1. The first kappa shape index (κ1) is 15.1. The molecule has 0 fully saturated rings. The number of anilines is 1. The quantitative estimate of drug-likeness (QED) is 0.555. The van der Waals surface area contributed by atoms with Crippen molar-refractivity contribution in [3.63, 3.8) is 0 Å². The lowest BCUT2D eigenvalue weighted by Crippen LogP contribution is -2.13. The van der Waals surface area contributed by atoms with Gasteiger partial charge in [-0.25, -0.2) is 18.7 Å². The van der Waals surface area contributed by atoms with Crippen molar-refractivity contribution in [1.82, 2.24) is 9.97 Å². The summed E-state index contributed by atoms with van der Waals surface area (Å²) in [7, 11) is 0. The van der Waals surface area contributed by atoms with Gasteiger partial charge >= 0.3 is 0 Å². The van der Waals surface area contributed by atoms with E-state index in [1.165, 1.54) is 6.07 Å². The second-order valence-corrected chi connectivity index (χ2v) is 5.49. The van der Waals surface area contributed by atoms with Gasteiger partial charge in [0.2, 0.25) is 0 Å². The third kappa shape index (κ3) is 2.89. The molecule has 0 spiro atoms. The molecule has 0 radical (unpaired) electrons. The number of hydrogen-bond acceptors (Lipinski definition) is 3. The van der Waals surface area contributed by atoms with E-state index in [4.69, 9.17) is 0 Å². The lowest BCUT2D eigenvalue weighted by molar-refractivity contribution is 0.102. The average Bonchev–Trinajstić information content (AvgIpc) is 2.61. The molecule has 122 valence electrons. The maximum Gasteiger partial charge on any atom is 0.255 e. The summed E-state index contributed by atoms with van der Waals surface area (Å²) < 4.78 is 26.6. The van der Waals surface area contributed by atoms with E-state index in [0.717, 1.165) is 17.1 Å². The third-order valence-electron chi connectivity index (χ3n) is 3.78. The van der Waals surface area contributed by atoms with Crippen LogP contribution in [0.5, 0.6) is 0 Å². The largest absolute Gasteiger partial charge is 0.319 e. The Labute approximate surface area is 141 Å². The van der Waals surface area contributed by atoms with E-state index in [2.05, 4.69) is 15.3 Å². The van der Waals surface area contributed by atoms with Gasteiger partial charge < -0.3 is 5.32 Å². The Balaban J connectivity index is 1.70. The molecule has 6 heteroatoms. The summed E-state index contributed by atoms with van der Waals surface area (Å²) in [5.41, 5.74) is 2.92. The molecule has 1 heterocycles. The highest BCUT2D eigenvalue weighted by Crippen LogP contribution is 2.19. The van der Waals surface area contributed by atoms with Gasteiger partial charge in [-0.2, -0.15) is 0 Å². The smallest absolute Gasteiger partial charge is 0.255 e. The summed E-state index contributed by atoms with van der Waals surface area (Å²) in [5.74, 6) is -2.05. The van der Waals surface area contributed by atoms with Crippen LogP contribution in [0.1, 0.15) is 10.4 Å². The van der Waals surface area contributed by atoms with Gasteiger partial charge in [-0.05, 0) is 42.5 Å². The van der Waals surface area contributed by atoms with Crippen LogP contribution in [0.3, 0.4) is 0 Å². The summed E-state index contributed by atoms with van der Waals surface area (Å²) in [6, 6.07) is 15.3. The van der Waals surface area contributed by atoms with Crippen LogP contribution in [0.25, 0.3) is 22.1 Å². The summed E-state index contributed by atoms with van der Waals surface area (Å²) >= 11 is 0. The normalized spacial score (nSPS) is 11.0. The molecule has 0 aliphatic carbocycles. The number of hydrogen-bond donors (Lipinski definition) is 1. The van der Waals surface area contributed by atoms with E-state index in [1.54, 1.807) is 18.2 Å². The van der Waals surface area contributed by atoms with Crippen molar-refractivity contribution >= 4 is 33.7 Å². The summed E-state index contributed by atoms with van der Waals surface area (Å²) in [5, 5.41) is 2.43. The predicted octanol–water partition coefficient (Wildman–Crippen LogP) is 4.31. The van der Waals surface area contributed by atoms with Gasteiger partial charge in [0.1, 0.15) is 11.6 Å². The number of halogens is 2. The molecule has 4 rings (SSSR count). The van der Waals surface area contributed by atoms with E-state index in [1.807, 2.05) is 24.3 Å². The molecule has 4 nitrogen and oxygen atoms in total. The molecule has 1 aromatic heterocycles. The number of carbonyl (C=O) groups is 1. The summed E-state index contributed by atoms with van der Waals surface area (Å²) in [6.45, 7) is 0. The predicted molar refractivity (Wildman–Crippen MR) is 91.4 cm³/mol. The first-order chi connectivity index (χ1) is 12.1. The van der Waals surface area contributed by atoms with Crippen molar-refractivity contribution in [3.05, 3.63) is 77.9 Å². The van der Waals surface area contributed by atoms with E-state index >= 15 is 0 Å². The number of benzene rings is 3. The van der Waals surface area contributed by atoms with Crippen LogP contribution in [0.4, 0.5) is 14.5 Å². The maximum atomic E-state index is 13.7. The summed E-state index contributed by atoms with van der Waals surface area (Å²) in [6.07, 6.45) is 0. The van der Waals surface area contributed by atoms with E-state index in [9.17, 15) is 13.6 Å². The minimum atomic E-state index is -0.833. The number of carbonyl (C=O) groups excluding carboxylic acids is 1. The van der Waals surface area contributed by atoms with Gasteiger partial charge in [0.25, 0.3) is 5.91 Å². The van der Waals surface area contributed by atoms with E-state index in [0.29, 0.717) is 22.7 Å². The fraction of sp³-hybridized carbons (Fsp3) is 0. The fourth-order valence-electron chi connectivity index (χ4n) is 2.55. The molecule has 0 saturated heterocycles. The number of rotatable bonds is 2. The fourth-order valence-corrected chi connectivity index (χ4v) is 2.55. The molecule has 0 aliphatic heterocycles. The van der Waals surface area contributed by atoms with Gasteiger partial charge in [0.05, 0.1) is 27.8 Å². The lowest BCUT2D eigenvalue weighted by Gasteiger charge is -2.07. The number of fused-ring (bicyclic) bond motifs is 2. The first-order valence-electron chi connectivity index (χ1n) is 7.53. The molecule has 1 N–H and O–H groups in total. The average molecular weight is 335 g/mol. The molecule has 0 unspecified atom stereocenters. The SMILES string of the molecule is O=C(Nc1ccc(F)cc1F)c1ccc2nc3ccccc3nc2c1. The zero-order chi connectivity index (χ0) is 17.4. The monoisotopic (exact) mass is 335 g/mol. The Hall–Kier alpha value is -3.41. The molecule has 1 amide bonds. The zero-order valence-corrected chi connectivity index (χ0v) is 12.8. The van der Waals surface area contributed by atoms with Crippen molar-refractivity contribution in [1.29, 1.82) is 0 Å². The van der Waals surface area contributed by atoms with Crippen LogP contribution >= 0.6 is 0 Å². The minimum absolute atomic E-state index is 0.0870. The molecule has 0 saturated carbocycles. The number of aromatic nitrogens is 2. The molecule has 0 aliphatic rings. The van der Waals surface area contributed by atoms with Gasteiger partial charge in [0.15, 0.2) is 0 Å². The number of amides is 1. The number of nitrogens with zero attached hydrogens (tertiary/aromatic N) is 2. The Morgan fingerprint density at radius 1 is 0.800 bits per heavy atom. The second kappa shape index (κ2) is 5.90. The van der Waals surface area contributed by atoms with Crippen LogP contribution in [0.15, 0.2) is 60.7 Å². The van der Waals surface area contributed by atoms with Crippen LogP contribution in [0, 0.1) is 11.6 Å². The van der Waals surface area contributed by atoms with Crippen molar-refractivity contribution in [3.8, 4) is 0 Å². The van der Waals surface area contributed by atoms with Gasteiger partial charge in [-0.15, -0.1) is 0 Å². The van der Waals surface area contributed by atoms with Gasteiger partial charge in [-0.3, -0.25) is 4.79 Å². The van der Waals surface area contributed by atoms with Crippen molar-refractivity contribution in [2.75, 3.05) is 5.32 Å². The molecule has 25 heavy (non-hydrogen) atoms. The Morgan fingerprint density at radius 3 is 2.20 bits per heavy atom. The highest BCUT2D eigenvalue weighted by atomic mass is 19.1. The molecule has 3 aromatic carbocycles. The molecule has 0 atom stereocenters. The van der Waals surface area contributed by atoms with Crippen LogP contribution < -0.4 is 5.32 Å². The third-order valence-corrected chi connectivity index (χ3v) is 3.78. The summed E-state index contributed by atoms with van der Waals surface area (Å²) in [4.78, 5) is 21.3. The number of nitrogens with one attached hydrogen (secondary N) is 1. The first-order valence-corrected chi connectivity index (χ1v) is 7.53. The van der Waals surface area contributed by atoms with Gasteiger partial charge in [0, 0.05) is 11.6 Å². The zero-order valence-electron chi connectivity index (χ0n) is 12.8. The van der Waals surface area contributed by atoms with E-state index in [-0.39, 0.29) is 5.69 Å². The Morgan fingerprint density at radius 2 is 1.48 bits per heavy atom. The highest BCUT2D eigenvalue weighted by Gasteiger charge is 2.12. The topological polar surface area (TPSA) is 54.9 Å². The van der Waals surface area contributed by atoms with Crippen LogP contribution in [-0.4, -0.2) is 15.9 Å². The number of para-hydroxylation sites is 2. The molecular weight excluding hydrogens is 324 g/mol. The van der Waals surface area contributed by atoms with E-state index < -0.39 is 17.5 Å². The Kier molecular flexibility index (Phi) is 3.57. The van der Waals surface area contributed by atoms with Crippen molar-refractivity contribution < 1.29 is 13.6 Å². The van der Waals surface area contributed by atoms with Crippen molar-refractivity contribution in [2.24, 2.45) is 0 Å². The van der Waals surface area contributed by atoms with Crippen LogP contribution in [0.2, 0.25) is 0 Å². The Bertz CT molecular complexity index is 1130. The van der Waals surface area contributed by atoms with Crippen LogP contribution in [-0.2, 0) is 0 Å². The van der Waals surface area contributed by atoms with Gasteiger partial charge in [-0.1, -0.05) is 12.1 Å². The maximum absolute atomic E-state index is 13.7. The van der Waals surface area contributed by atoms with Crippen molar-refractivity contribution in [2.45, 2.75) is 0 Å². The molecular formula is C19H11F2N3O. The molecule has 4 aromatic rings. The minimum Gasteiger partial charge on any atom is -0.319 e.